The van der Waals surface area contributed by atoms with Gasteiger partial charge in [-0.05, 0) is 31.4 Å². The van der Waals surface area contributed by atoms with Gasteiger partial charge in [-0.15, -0.1) is 0 Å². The number of carboxylic acid groups (broad SMARTS) is 1. The lowest BCUT2D eigenvalue weighted by molar-refractivity contribution is -0.136. The Hall–Kier alpha value is -2.36. The Balaban J connectivity index is 2.61. The van der Waals surface area contributed by atoms with Crippen LogP contribution >= 0.6 is 0 Å². The molecule has 0 unspecified atom stereocenters. The Morgan fingerprint density at radius 2 is 1.81 bits per heavy atom. The maximum atomic E-state index is 12.0. The zero-order valence-corrected chi connectivity index (χ0v) is 12.5. The van der Waals surface area contributed by atoms with Gasteiger partial charge in [0.2, 0.25) is 0 Å². The first kappa shape index (κ1) is 15.0. The van der Waals surface area contributed by atoms with E-state index in [4.69, 9.17) is 5.11 Å². The number of carboxylic acids is 1. The van der Waals surface area contributed by atoms with Crippen molar-refractivity contribution in [3.05, 3.63) is 47.2 Å². The van der Waals surface area contributed by atoms with Gasteiger partial charge in [0.15, 0.2) is 5.78 Å². The van der Waals surface area contributed by atoms with E-state index < -0.39 is 5.97 Å². The number of carbonyl (C=O) groups is 2. The molecule has 0 saturated heterocycles. The van der Waals surface area contributed by atoms with Crippen molar-refractivity contribution >= 4 is 11.8 Å². The molecule has 0 amide bonds. The SMILES string of the molecule is CC(=O)c1c(C)c(CCC(=O)O)n(C)c1-c1ccccc1. The number of carbonyl (C=O) groups excluding carboxylic acids is 1. The van der Waals surface area contributed by atoms with Gasteiger partial charge in [-0.25, -0.2) is 0 Å². The summed E-state index contributed by atoms with van der Waals surface area (Å²) in [6.07, 6.45) is 0.481. The van der Waals surface area contributed by atoms with Gasteiger partial charge < -0.3 is 9.67 Å². The lowest BCUT2D eigenvalue weighted by atomic mass is 10.0. The topological polar surface area (TPSA) is 59.3 Å². The van der Waals surface area contributed by atoms with Gasteiger partial charge in [0, 0.05) is 18.3 Å². The van der Waals surface area contributed by atoms with Gasteiger partial charge >= 0.3 is 5.97 Å². The molecular weight excluding hydrogens is 266 g/mol. The van der Waals surface area contributed by atoms with Crippen LogP contribution in [0.5, 0.6) is 0 Å². The normalized spacial score (nSPS) is 10.6. The largest absolute Gasteiger partial charge is 0.481 e. The average molecular weight is 285 g/mol. The van der Waals surface area contributed by atoms with Crippen LogP contribution in [0.25, 0.3) is 11.3 Å². The number of nitrogens with zero attached hydrogens (tertiary/aromatic N) is 1. The maximum Gasteiger partial charge on any atom is 0.303 e. The molecule has 0 aliphatic heterocycles. The van der Waals surface area contributed by atoms with Gasteiger partial charge in [-0.1, -0.05) is 30.3 Å². The van der Waals surface area contributed by atoms with Gasteiger partial charge in [0.1, 0.15) is 0 Å². The Morgan fingerprint density at radius 3 is 2.33 bits per heavy atom. The van der Waals surface area contributed by atoms with E-state index >= 15 is 0 Å². The third-order valence-corrected chi connectivity index (χ3v) is 3.76. The van der Waals surface area contributed by atoms with Crippen molar-refractivity contribution in [2.75, 3.05) is 0 Å². The standard InChI is InChI=1S/C17H19NO3/c1-11-14(9-10-15(20)21)18(3)17(16(11)12(2)19)13-7-5-4-6-8-13/h4-8H,9-10H2,1-3H3,(H,20,21). The van der Waals surface area contributed by atoms with Crippen molar-refractivity contribution in [2.24, 2.45) is 7.05 Å². The molecule has 0 bridgehead atoms. The number of rotatable bonds is 5. The van der Waals surface area contributed by atoms with E-state index in [-0.39, 0.29) is 12.2 Å². The van der Waals surface area contributed by atoms with Gasteiger partial charge in [-0.2, -0.15) is 0 Å². The average Bonchev–Trinajstić information content (AvgIpc) is 2.69. The third kappa shape index (κ3) is 2.89. The fourth-order valence-electron chi connectivity index (χ4n) is 2.82. The molecule has 1 aromatic heterocycles. The maximum absolute atomic E-state index is 12.0. The Morgan fingerprint density at radius 1 is 1.19 bits per heavy atom. The highest BCUT2D eigenvalue weighted by atomic mass is 16.4. The first-order chi connectivity index (χ1) is 9.93. The molecule has 0 spiro atoms. The van der Waals surface area contributed by atoms with Crippen LogP contribution in [0.1, 0.15) is 35.0 Å². The molecule has 21 heavy (non-hydrogen) atoms. The smallest absolute Gasteiger partial charge is 0.303 e. The zero-order chi connectivity index (χ0) is 15.6. The molecule has 0 atom stereocenters. The summed E-state index contributed by atoms with van der Waals surface area (Å²) in [5.41, 5.74) is 4.30. The number of benzene rings is 1. The summed E-state index contributed by atoms with van der Waals surface area (Å²) in [4.78, 5) is 22.8. The molecule has 1 heterocycles. The highest BCUT2D eigenvalue weighted by Crippen LogP contribution is 2.31. The van der Waals surface area contributed by atoms with Crippen LogP contribution in [0.4, 0.5) is 0 Å². The van der Waals surface area contributed by atoms with Crippen LogP contribution in [-0.2, 0) is 18.3 Å². The highest BCUT2D eigenvalue weighted by molar-refractivity contribution is 6.02. The Bertz CT molecular complexity index is 684. The van der Waals surface area contributed by atoms with E-state index in [9.17, 15) is 9.59 Å². The van der Waals surface area contributed by atoms with E-state index in [0.29, 0.717) is 12.0 Å². The molecule has 2 rings (SSSR count). The molecular formula is C17H19NO3. The second kappa shape index (κ2) is 5.95. The summed E-state index contributed by atoms with van der Waals surface area (Å²) < 4.78 is 1.95. The molecule has 0 aliphatic rings. The van der Waals surface area contributed by atoms with Crippen LogP contribution in [0.2, 0.25) is 0 Å². The molecule has 0 aliphatic carbocycles. The molecule has 2 aromatic rings. The number of aliphatic carboxylic acids is 1. The molecule has 4 heteroatoms. The van der Waals surface area contributed by atoms with Crippen LogP contribution in [-0.4, -0.2) is 21.4 Å². The zero-order valence-electron chi connectivity index (χ0n) is 12.5. The number of hydrogen-bond acceptors (Lipinski definition) is 2. The molecule has 110 valence electrons. The minimum Gasteiger partial charge on any atom is -0.481 e. The minimum absolute atomic E-state index is 0.00327. The fourth-order valence-corrected chi connectivity index (χ4v) is 2.82. The van der Waals surface area contributed by atoms with E-state index in [1.807, 2.05) is 48.9 Å². The van der Waals surface area contributed by atoms with Crippen LogP contribution in [0.3, 0.4) is 0 Å². The number of Topliss-reactive ketones (excluding diaryl/α,β-unsaturated/α-hetero) is 1. The van der Waals surface area contributed by atoms with Crippen LogP contribution in [0, 0.1) is 6.92 Å². The molecule has 4 nitrogen and oxygen atoms in total. The first-order valence-corrected chi connectivity index (χ1v) is 6.89. The Kier molecular flexibility index (Phi) is 4.26. The second-order valence-corrected chi connectivity index (χ2v) is 5.17. The molecule has 0 fully saturated rings. The van der Waals surface area contributed by atoms with E-state index in [1.54, 1.807) is 6.92 Å². The predicted molar refractivity (Wildman–Crippen MR) is 81.5 cm³/mol. The van der Waals surface area contributed by atoms with Crippen molar-refractivity contribution in [1.29, 1.82) is 0 Å². The van der Waals surface area contributed by atoms with E-state index in [1.165, 1.54) is 0 Å². The minimum atomic E-state index is -0.832. The Labute approximate surface area is 124 Å². The summed E-state index contributed by atoms with van der Waals surface area (Å²) in [5, 5.41) is 8.88. The second-order valence-electron chi connectivity index (χ2n) is 5.17. The number of ketones is 1. The summed E-state index contributed by atoms with van der Waals surface area (Å²) >= 11 is 0. The molecule has 0 saturated carbocycles. The highest BCUT2D eigenvalue weighted by Gasteiger charge is 2.22. The number of hydrogen-bond donors (Lipinski definition) is 1. The fraction of sp³-hybridized carbons (Fsp3) is 0.294. The van der Waals surface area contributed by atoms with E-state index in [0.717, 1.165) is 22.5 Å². The van der Waals surface area contributed by atoms with Crippen molar-refractivity contribution in [3.63, 3.8) is 0 Å². The van der Waals surface area contributed by atoms with Crippen LogP contribution in [0.15, 0.2) is 30.3 Å². The van der Waals surface area contributed by atoms with Crippen molar-refractivity contribution in [1.82, 2.24) is 4.57 Å². The van der Waals surface area contributed by atoms with Crippen molar-refractivity contribution in [3.8, 4) is 11.3 Å². The van der Waals surface area contributed by atoms with Crippen molar-refractivity contribution < 1.29 is 14.7 Å². The summed E-state index contributed by atoms with van der Waals surface area (Å²) in [6.45, 7) is 3.44. The summed E-state index contributed by atoms with van der Waals surface area (Å²) in [7, 11) is 1.89. The summed E-state index contributed by atoms with van der Waals surface area (Å²) in [5.74, 6) is -0.829. The van der Waals surface area contributed by atoms with Gasteiger partial charge in [0.25, 0.3) is 0 Å². The van der Waals surface area contributed by atoms with E-state index in [2.05, 4.69) is 0 Å². The molecule has 0 radical (unpaired) electrons. The first-order valence-electron chi connectivity index (χ1n) is 6.89. The lowest BCUT2D eigenvalue weighted by Crippen LogP contribution is -2.04. The van der Waals surface area contributed by atoms with Crippen molar-refractivity contribution in [2.45, 2.75) is 26.7 Å². The monoisotopic (exact) mass is 285 g/mol. The number of aromatic nitrogens is 1. The molecule has 1 N–H and O–H groups in total. The molecule has 1 aromatic carbocycles. The quantitative estimate of drug-likeness (QED) is 0.858. The third-order valence-electron chi connectivity index (χ3n) is 3.76. The van der Waals surface area contributed by atoms with Gasteiger partial charge in [-0.3, -0.25) is 9.59 Å². The summed E-state index contributed by atoms with van der Waals surface area (Å²) in [6, 6.07) is 9.71. The predicted octanol–water partition coefficient (Wildman–Crippen LogP) is 3.22. The lowest BCUT2D eigenvalue weighted by Gasteiger charge is -2.08. The van der Waals surface area contributed by atoms with Gasteiger partial charge in [0.05, 0.1) is 12.1 Å². The van der Waals surface area contributed by atoms with Crippen LogP contribution < -0.4 is 0 Å².